The average molecular weight is 1420 g/mol. The molecule has 0 aliphatic rings. The molecule has 97 heavy (non-hydrogen) atoms. The predicted octanol–water partition coefficient (Wildman–Crippen LogP) is 23.3. The van der Waals surface area contributed by atoms with Gasteiger partial charge in [-0.1, -0.05) is 362 Å². The van der Waals surface area contributed by atoms with Crippen molar-refractivity contribution in [2.75, 3.05) is 39.6 Å². The first-order valence-corrected chi connectivity index (χ1v) is 43.6. The minimum atomic E-state index is -4.96. The van der Waals surface area contributed by atoms with Crippen LogP contribution in [0.25, 0.3) is 0 Å². The van der Waals surface area contributed by atoms with Gasteiger partial charge in [0.15, 0.2) is 12.2 Å². The van der Waals surface area contributed by atoms with Gasteiger partial charge in [0.25, 0.3) is 0 Å². The van der Waals surface area contributed by atoms with E-state index in [2.05, 4.69) is 34.6 Å². The topological polar surface area (TPSA) is 237 Å². The molecule has 5 atom stereocenters. The summed E-state index contributed by atoms with van der Waals surface area (Å²) in [5.74, 6) is -1.31. The predicted molar refractivity (Wildman–Crippen MR) is 395 cm³/mol. The van der Waals surface area contributed by atoms with Crippen LogP contribution in [0.4, 0.5) is 0 Å². The van der Waals surface area contributed by atoms with E-state index in [0.717, 1.165) is 95.8 Å². The number of aliphatic hydroxyl groups is 1. The maximum atomic E-state index is 13.1. The zero-order chi connectivity index (χ0) is 71.2. The summed E-state index contributed by atoms with van der Waals surface area (Å²) in [5.41, 5.74) is 0. The van der Waals surface area contributed by atoms with Gasteiger partial charge in [-0.15, -0.1) is 0 Å². The van der Waals surface area contributed by atoms with Crippen molar-refractivity contribution in [1.82, 2.24) is 0 Å². The summed E-state index contributed by atoms with van der Waals surface area (Å²) in [7, 11) is -9.91. The smallest absolute Gasteiger partial charge is 0.462 e. The van der Waals surface area contributed by atoms with Crippen LogP contribution in [-0.4, -0.2) is 96.7 Å². The van der Waals surface area contributed by atoms with Crippen molar-refractivity contribution >= 4 is 39.5 Å². The highest BCUT2D eigenvalue weighted by Gasteiger charge is 2.30. The fraction of sp³-hybridized carbons (Fsp3) is 0.949. The largest absolute Gasteiger partial charge is 0.472 e. The molecule has 17 nitrogen and oxygen atoms in total. The Labute approximate surface area is 594 Å². The fourth-order valence-electron chi connectivity index (χ4n) is 12.1. The van der Waals surface area contributed by atoms with Gasteiger partial charge < -0.3 is 33.8 Å². The first-order valence-electron chi connectivity index (χ1n) is 40.6. The quantitative estimate of drug-likeness (QED) is 0.0222. The van der Waals surface area contributed by atoms with Gasteiger partial charge in [-0.25, -0.2) is 9.13 Å². The Balaban J connectivity index is 5.21. The van der Waals surface area contributed by atoms with E-state index in [1.165, 1.54) is 238 Å². The van der Waals surface area contributed by atoms with E-state index in [0.29, 0.717) is 25.7 Å². The molecule has 0 aromatic carbocycles. The summed E-state index contributed by atoms with van der Waals surface area (Å²) in [6.07, 6.45) is 61.0. The highest BCUT2D eigenvalue weighted by molar-refractivity contribution is 7.47. The molecule has 19 heteroatoms. The summed E-state index contributed by atoms with van der Waals surface area (Å²) < 4.78 is 68.6. The van der Waals surface area contributed by atoms with Crippen LogP contribution in [-0.2, 0) is 65.4 Å². The van der Waals surface area contributed by atoms with Crippen LogP contribution in [0, 0.1) is 5.92 Å². The molecule has 0 aliphatic heterocycles. The molecule has 0 radical (unpaired) electrons. The van der Waals surface area contributed by atoms with Crippen LogP contribution in [0.1, 0.15) is 413 Å². The second-order valence-corrected chi connectivity index (χ2v) is 31.5. The molecule has 0 heterocycles. The molecule has 2 unspecified atom stereocenters. The Morgan fingerprint density at radius 1 is 0.278 bits per heavy atom. The number of hydrogen-bond acceptors (Lipinski definition) is 15. The van der Waals surface area contributed by atoms with Crippen LogP contribution in [0.2, 0.25) is 0 Å². The Morgan fingerprint density at radius 2 is 0.474 bits per heavy atom. The summed E-state index contributed by atoms with van der Waals surface area (Å²) in [5, 5.41) is 10.6. The molecule has 0 aliphatic carbocycles. The molecule has 0 saturated heterocycles. The molecule has 0 rings (SSSR count). The molecule has 0 fully saturated rings. The molecule has 3 N–H and O–H groups in total. The van der Waals surface area contributed by atoms with Gasteiger partial charge >= 0.3 is 39.5 Å². The molecule has 576 valence electrons. The normalized spacial score (nSPS) is 13.9. The Morgan fingerprint density at radius 3 is 0.701 bits per heavy atom. The van der Waals surface area contributed by atoms with Gasteiger partial charge in [-0.2, -0.15) is 0 Å². The molecule has 0 amide bonds. The van der Waals surface area contributed by atoms with Crippen molar-refractivity contribution in [3.05, 3.63) is 0 Å². The molecule has 0 aromatic rings. The van der Waals surface area contributed by atoms with E-state index in [-0.39, 0.29) is 25.7 Å². The monoisotopic (exact) mass is 1420 g/mol. The van der Waals surface area contributed by atoms with Crippen LogP contribution >= 0.6 is 15.6 Å². The number of phosphoric ester groups is 2. The minimum Gasteiger partial charge on any atom is -0.462 e. The van der Waals surface area contributed by atoms with E-state index >= 15 is 0 Å². The highest BCUT2D eigenvalue weighted by Crippen LogP contribution is 2.45. The lowest BCUT2D eigenvalue weighted by Gasteiger charge is -2.21. The number of unbranched alkanes of at least 4 members (excludes halogenated alkanes) is 50. The number of phosphoric acid groups is 2. The van der Waals surface area contributed by atoms with Crippen molar-refractivity contribution in [2.45, 2.75) is 432 Å². The Bertz CT molecular complexity index is 1860. The number of hydrogen-bond donors (Lipinski definition) is 3. The number of aliphatic hydroxyl groups excluding tert-OH is 1. The van der Waals surface area contributed by atoms with Crippen LogP contribution < -0.4 is 0 Å². The third kappa shape index (κ3) is 72.2. The molecule has 0 spiro atoms. The van der Waals surface area contributed by atoms with Gasteiger partial charge in [-0.3, -0.25) is 37.3 Å². The van der Waals surface area contributed by atoms with Gasteiger partial charge in [0.05, 0.1) is 26.4 Å². The third-order valence-electron chi connectivity index (χ3n) is 18.3. The third-order valence-corrected chi connectivity index (χ3v) is 20.2. The standard InChI is InChI=1S/C78H152O17P2/c1-6-9-12-15-18-21-24-25-26-27-28-31-34-38-42-47-52-57-62-76(81)89-68-74(95-78(83)64-59-54-49-44-39-35-32-29-30-33-37-40-45-50-55-60-71(4)5)70-93-97(86,87)91-66-72(79)65-90-96(84,85)92-69-73(67-88-75(80)61-56-51-46-41-23-20-17-14-11-8-3)94-77(82)63-58-53-48-43-36-22-19-16-13-10-7-2/h71-74,79H,6-70H2,1-5H3,(H,84,85)(H,86,87)/t72-,73+,74+/m0/s1. The van der Waals surface area contributed by atoms with E-state index in [9.17, 15) is 43.2 Å². The minimum absolute atomic E-state index is 0.107. The molecular weight excluding hydrogens is 1270 g/mol. The van der Waals surface area contributed by atoms with E-state index in [1.807, 2.05) is 0 Å². The lowest BCUT2D eigenvalue weighted by molar-refractivity contribution is -0.161. The van der Waals surface area contributed by atoms with E-state index in [4.69, 9.17) is 37.0 Å². The van der Waals surface area contributed by atoms with Crippen molar-refractivity contribution in [1.29, 1.82) is 0 Å². The van der Waals surface area contributed by atoms with Crippen molar-refractivity contribution in [2.24, 2.45) is 5.92 Å². The maximum Gasteiger partial charge on any atom is 0.472 e. The second-order valence-electron chi connectivity index (χ2n) is 28.6. The molecular formula is C78H152O17P2. The summed E-state index contributed by atoms with van der Waals surface area (Å²) in [4.78, 5) is 72.8. The average Bonchev–Trinajstić information content (AvgIpc) is 1.71. The molecule has 0 aromatic heterocycles. The van der Waals surface area contributed by atoms with E-state index < -0.39 is 97.5 Å². The van der Waals surface area contributed by atoms with E-state index in [1.54, 1.807) is 0 Å². The Hall–Kier alpha value is -1.94. The van der Waals surface area contributed by atoms with Crippen LogP contribution in [0.5, 0.6) is 0 Å². The second kappa shape index (κ2) is 71.1. The first-order chi connectivity index (χ1) is 47.0. The lowest BCUT2D eigenvalue weighted by Crippen LogP contribution is -2.30. The summed E-state index contributed by atoms with van der Waals surface area (Å²) >= 11 is 0. The van der Waals surface area contributed by atoms with Crippen molar-refractivity contribution in [3.8, 4) is 0 Å². The summed E-state index contributed by atoms with van der Waals surface area (Å²) in [6, 6.07) is 0. The Kier molecular flexibility index (Phi) is 69.6. The molecule has 0 saturated carbocycles. The zero-order valence-corrected chi connectivity index (χ0v) is 65.0. The lowest BCUT2D eigenvalue weighted by atomic mass is 10.0. The van der Waals surface area contributed by atoms with Crippen molar-refractivity contribution < 1.29 is 80.2 Å². The van der Waals surface area contributed by atoms with Gasteiger partial charge in [0.1, 0.15) is 19.3 Å². The molecule has 0 bridgehead atoms. The number of ether oxygens (including phenoxy) is 4. The van der Waals surface area contributed by atoms with Crippen molar-refractivity contribution in [3.63, 3.8) is 0 Å². The van der Waals surface area contributed by atoms with Crippen LogP contribution in [0.15, 0.2) is 0 Å². The first kappa shape index (κ1) is 95.1. The number of carbonyl (C=O) groups is 4. The van der Waals surface area contributed by atoms with Gasteiger partial charge in [0, 0.05) is 25.7 Å². The highest BCUT2D eigenvalue weighted by atomic mass is 31.2. The summed E-state index contributed by atoms with van der Waals surface area (Å²) in [6.45, 7) is 7.32. The number of rotatable bonds is 78. The number of carbonyl (C=O) groups excluding carboxylic acids is 4. The van der Waals surface area contributed by atoms with Gasteiger partial charge in [0.2, 0.25) is 0 Å². The SMILES string of the molecule is CCCCCCCCCCCCCCCCCCCCC(=O)OC[C@H](COP(=O)(O)OC[C@@H](O)COP(=O)(O)OC[C@@H](COC(=O)CCCCCCCCCCCC)OC(=O)CCCCCCCCCCCCC)OC(=O)CCCCCCCCCCCCCCCCCC(C)C. The fourth-order valence-corrected chi connectivity index (χ4v) is 13.6. The van der Waals surface area contributed by atoms with Gasteiger partial charge in [-0.05, 0) is 31.6 Å². The maximum absolute atomic E-state index is 13.1. The zero-order valence-electron chi connectivity index (χ0n) is 63.2. The number of esters is 4. The van der Waals surface area contributed by atoms with Crippen LogP contribution in [0.3, 0.4) is 0 Å².